The lowest BCUT2D eigenvalue weighted by molar-refractivity contribution is -0.115. The van der Waals surface area contributed by atoms with E-state index in [2.05, 4.69) is 20.6 Å². The van der Waals surface area contributed by atoms with Gasteiger partial charge in [-0.3, -0.25) is 4.79 Å². The molecule has 0 spiro atoms. The first-order valence-corrected chi connectivity index (χ1v) is 8.91. The number of amidine groups is 1. The molecule has 0 atom stereocenters. The van der Waals surface area contributed by atoms with Gasteiger partial charge in [-0.2, -0.15) is 0 Å². The number of fused-ring (bicyclic) bond motifs is 1. The summed E-state index contributed by atoms with van der Waals surface area (Å²) < 4.78 is 5.19. The average molecular weight is 364 g/mol. The van der Waals surface area contributed by atoms with Gasteiger partial charge < -0.3 is 10.1 Å². The lowest BCUT2D eigenvalue weighted by Crippen LogP contribution is -2.14. The summed E-state index contributed by atoms with van der Waals surface area (Å²) in [6.07, 6.45) is 2.03. The fourth-order valence-electron chi connectivity index (χ4n) is 2.70. The molecule has 2 aromatic carbocycles. The first kappa shape index (κ1) is 16.3. The van der Waals surface area contributed by atoms with Crippen LogP contribution in [0.25, 0.3) is 0 Å². The molecule has 0 saturated heterocycles. The summed E-state index contributed by atoms with van der Waals surface area (Å²) in [5.41, 5.74) is 3.30. The maximum atomic E-state index is 12.3. The van der Waals surface area contributed by atoms with Gasteiger partial charge in [-0.1, -0.05) is 12.1 Å². The molecule has 1 aliphatic rings. The summed E-state index contributed by atoms with van der Waals surface area (Å²) in [6.45, 7) is 0. The zero-order valence-electron chi connectivity index (χ0n) is 14.0. The number of carbonyl (C=O) groups excluding carboxylic acids is 1. The number of amides is 1. The van der Waals surface area contributed by atoms with Gasteiger partial charge in [0.05, 0.1) is 13.5 Å². The smallest absolute Gasteiger partial charge is 0.358 e. The molecule has 2 N–H and O–H groups in total. The normalized spacial score (nSPS) is 12.1. The lowest BCUT2D eigenvalue weighted by atomic mass is 10.1. The third kappa shape index (κ3) is 3.43. The van der Waals surface area contributed by atoms with Crippen molar-refractivity contribution < 1.29 is 9.53 Å². The van der Waals surface area contributed by atoms with Crippen molar-refractivity contribution in [1.29, 1.82) is 0 Å². The predicted molar refractivity (Wildman–Crippen MR) is 103 cm³/mol. The Bertz CT molecular complexity index is 983. The van der Waals surface area contributed by atoms with Crippen LogP contribution in [0, 0.1) is 0 Å². The Labute approximate surface area is 154 Å². The SMILES string of the molecule is COc1cccc(CC(=O)Nc2ccc3c(c2)[N+]=C(c2nccs2)N3)c1. The second-order valence-corrected chi connectivity index (χ2v) is 6.63. The molecule has 129 valence electrons. The molecule has 0 aliphatic carbocycles. The predicted octanol–water partition coefficient (Wildman–Crippen LogP) is 3.17. The average Bonchev–Trinajstić information content (AvgIpc) is 3.30. The molecule has 0 bridgehead atoms. The molecular formula is C19H16N4O2S+. The van der Waals surface area contributed by atoms with Gasteiger partial charge in [0.1, 0.15) is 5.75 Å². The zero-order chi connectivity index (χ0) is 17.9. The van der Waals surface area contributed by atoms with Gasteiger partial charge in [0, 0.05) is 23.3 Å². The molecule has 3 aromatic rings. The van der Waals surface area contributed by atoms with Gasteiger partial charge in [-0.05, 0) is 34.8 Å². The molecule has 4 rings (SSSR count). The van der Waals surface area contributed by atoms with Crippen LogP contribution in [0.2, 0.25) is 0 Å². The molecule has 1 aliphatic heterocycles. The Morgan fingerprint density at radius 1 is 1.31 bits per heavy atom. The first-order valence-electron chi connectivity index (χ1n) is 8.04. The van der Waals surface area contributed by atoms with Crippen molar-refractivity contribution in [3.63, 3.8) is 0 Å². The van der Waals surface area contributed by atoms with Crippen molar-refractivity contribution in [3.8, 4) is 5.75 Å². The second-order valence-electron chi connectivity index (χ2n) is 5.73. The Hall–Kier alpha value is -3.19. The highest BCUT2D eigenvalue weighted by Crippen LogP contribution is 2.29. The molecule has 7 heteroatoms. The van der Waals surface area contributed by atoms with Gasteiger partial charge in [0.15, 0.2) is 5.69 Å². The van der Waals surface area contributed by atoms with E-state index in [-0.39, 0.29) is 12.3 Å². The molecule has 1 radical (unpaired) electrons. The number of methoxy groups -OCH3 is 1. The number of rotatable bonds is 5. The van der Waals surface area contributed by atoms with E-state index in [0.29, 0.717) is 5.69 Å². The third-order valence-electron chi connectivity index (χ3n) is 3.90. The minimum Gasteiger partial charge on any atom is -0.497 e. The quantitative estimate of drug-likeness (QED) is 0.729. The molecule has 1 amide bonds. The number of aromatic nitrogens is 1. The zero-order valence-corrected chi connectivity index (χ0v) is 14.8. The second kappa shape index (κ2) is 6.97. The Morgan fingerprint density at radius 2 is 2.23 bits per heavy atom. The summed E-state index contributed by atoms with van der Waals surface area (Å²) in [5, 5.41) is 8.91. The van der Waals surface area contributed by atoms with Gasteiger partial charge in [0.25, 0.3) is 0 Å². The summed E-state index contributed by atoms with van der Waals surface area (Å²) in [5.74, 6) is 1.38. The van der Waals surface area contributed by atoms with Crippen LogP contribution >= 0.6 is 11.3 Å². The van der Waals surface area contributed by atoms with E-state index in [4.69, 9.17) is 4.74 Å². The number of ether oxygens (including phenoxy) is 1. The highest BCUT2D eigenvalue weighted by Gasteiger charge is 2.28. The number of aliphatic imine (C=N–C) groups is 1. The number of hydrogen-bond acceptors (Lipinski definition) is 6. The molecule has 26 heavy (non-hydrogen) atoms. The number of nitrogens with zero attached hydrogens (tertiary/aromatic N) is 2. The van der Waals surface area contributed by atoms with Crippen molar-refractivity contribution in [3.05, 3.63) is 64.6 Å². The summed E-state index contributed by atoms with van der Waals surface area (Å²) in [7, 11) is 1.61. The highest BCUT2D eigenvalue weighted by atomic mass is 32.1. The van der Waals surface area contributed by atoms with E-state index in [1.807, 2.05) is 47.8 Å². The minimum absolute atomic E-state index is 0.0896. The van der Waals surface area contributed by atoms with Crippen LogP contribution < -0.4 is 20.4 Å². The molecule has 2 heterocycles. The largest absolute Gasteiger partial charge is 0.497 e. The molecular weight excluding hydrogens is 348 g/mol. The van der Waals surface area contributed by atoms with E-state index in [1.165, 1.54) is 11.3 Å². The van der Waals surface area contributed by atoms with Crippen molar-refractivity contribution >= 4 is 40.1 Å². The number of anilines is 2. The summed E-state index contributed by atoms with van der Waals surface area (Å²) in [4.78, 5) is 21.1. The fraction of sp³-hybridized carbons (Fsp3) is 0.105. The van der Waals surface area contributed by atoms with Crippen molar-refractivity contribution in [2.75, 3.05) is 17.7 Å². The van der Waals surface area contributed by atoms with Crippen molar-refractivity contribution in [2.45, 2.75) is 6.42 Å². The van der Waals surface area contributed by atoms with Crippen LogP contribution in [0.3, 0.4) is 0 Å². The molecule has 0 fully saturated rings. The van der Waals surface area contributed by atoms with Gasteiger partial charge in [-0.25, -0.2) is 10.3 Å². The standard InChI is InChI=1S/C19H16N4O2S/c1-25-14-4-2-3-12(9-14)10-17(24)21-13-5-6-15-16(11-13)23-18(22-15)19-20-7-8-26-19/h2-9,11,22H,10H2,1H3,(H,21,24)/q+1. The van der Waals surface area contributed by atoms with E-state index < -0.39 is 0 Å². The number of benzene rings is 2. The van der Waals surface area contributed by atoms with Crippen LogP contribution in [0.4, 0.5) is 17.1 Å². The van der Waals surface area contributed by atoms with Crippen LogP contribution in [-0.2, 0) is 11.2 Å². The number of thiazole rings is 1. The maximum Gasteiger partial charge on any atom is 0.358 e. The van der Waals surface area contributed by atoms with Gasteiger partial charge >= 0.3 is 5.84 Å². The lowest BCUT2D eigenvalue weighted by Gasteiger charge is -2.06. The van der Waals surface area contributed by atoms with Gasteiger partial charge in [0.2, 0.25) is 16.6 Å². The summed E-state index contributed by atoms with van der Waals surface area (Å²) in [6, 6.07) is 13.1. The van der Waals surface area contributed by atoms with E-state index >= 15 is 0 Å². The fourth-order valence-corrected chi connectivity index (χ4v) is 3.28. The third-order valence-corrected chi connectivity index (χ3v) is 4.68. The van der Waals surface area contributed by atoms with Crippen molar-refractivity contribution in [2.24, 2.45) is 0 Å². The van der Waals surface area contributed by atoms with Crippen LogP contribution in [0.15, 0.2) is 54.0 Å². The Balaban J connectivity index is 1.46. The molecule has 0 unspecified atom stereocenters. The molecule has 0 saturated carbocycles. The van der Waals surface area contributed by atoms with Crippen LogP contribution in [0.5, 0.6) is 5.75 Å². The van der Waals surface area contributed by atoms with Crippen molar-refractivity contribution in [1.82, 2.24) is 9.98 Å². The topological polar surface area (TPSA) is 77.3 Å². The Morgan fingerprint density at radius 3 is 3.04 bits per heavy atom. The number of nitrogens with one attached hydrogen (secondary N) is 2. The maximum absolute atomic E-state index is 12.3. The van der Waals surface area contributed by atoms with E-state index in [0.717, 1.165) is 33.5 Å². The number of carbonyl (C=O) groups is 1. The van der Waals surface area contributed by atoms with Crippen LogP contribution in [0.1, 0.15) is 10.6 Å². The summed E-state index contributed by atoms with van der Waals surface area (Å²) >= 11 is 1.53. The monoisotopic (exact) mass is 364 g/mol. The van der Waals surface area contributed by atoms with Gasteiger partial charge in [-0.15, -0.1) is 11.3 Å². The molecule has 1 aromatic heterocycles. The first-order chi connectivity index (χ1) is 12.7. The van der Waals surface area contributed by atoms with E-state index in [9.17, 15) is 4.79 Å². The Kier molecular flexibility index (Phi) is 4.37. The highest BCUT2D eigenvalue weighted by molar-refractivity contribution is 7.11. The minimum atomic E-state index is -0.0896. The van der Waals surface area contributed by atoms with E-state index in [1.54, 1.807) is 13.3 Å². The molecule has 6 nitrogen and oxygen atoms in total. The number of hydrogen-bond donors (Lipinski definition) is 2. The van der Waals surface area contributed by atoms with Crippen LogP contribution in [-0.4, -0.2) is 23.8 Å².